The van der Waals surface area contributed by atoms with Crippen molar-refractivity contribution in [2.24, 2.45) is 0 Å². The number of ether oxygens (including phenoxy) is 1. The van der Waals surface area contributed by atoms with Gasteiger partial charge in [0.1, 0.15) is 0 Å². The average molecular weight is 143 g/mol. The van der Waals surface area contributed by atoms with Gasteiger partial charge in [-0.25, -0.2) is 0 Å². The predicted molar refractivity (Wildman–Crippen MR) is 40.5 cm³/mol. The number of esters is 1. The van der Waals surface area contributed by atoms with Gasteiger partial charge in [-0.15, -0.1) is 0 Å². The number of carbonyl (C=O) groups excluding carboxylic acids is 1. The van der Waals surface area contributed by atoms with Crippen molar-refractivity contribution in [2.45, 2.75) is 32.6 Å². The first-order valence-corrected chi connectivity index (χ1v) is 3.76. The Hall–Kier alpha value is -0.530. The van der Waals surface area contributed by atoms with Crippen LogP contribution in [0.25, 0.3) is 0 Å². The zero-order chi connectivity index (χ0) is 7.82. The van der Waals surface area contributed by atoms with Gasteiger partial charge in [0.15, 0.2) is 0 Å². The predicted octanol–water partition coefficient (Wildman–Crippen LogP) is 1.94. The number of unbranched alkanes of at least 4 members (excludes halogenated alkanes) is 2. The van der Waals surface area contributed by atoms with Gasteiger partial charge in [-0.1, -0.05) is 26.7 Å². The second-order valence-corrected chi connectivity index (χ2v) is 2.13. The minimum atomic E-state index is -0.107. The van der Waals surface area contributed by atoms with Gasteiger partial charge >= 0.3 is 5.97 Å². The third-order valence-corrected chi connectivity index (χ3v) is 1.20. The summed E-state index contributed by atoms with van der Waals surface area (Å²) in [5.74, 6) is -0.107. The normalized spacial score (nSPS) is 9.40. The quantitative estimate of drug-likeness (QED) is 0.434. The van der Waals surface area contributed by atoms with Gasteiger partial charge in [-0.3, -0.25) is 4.79 Å². The van der Waals surface area contributed by atoms with E-state index in [4.69, 9.17) is 4.74 Å². The van der Waals surface area contributed by atoms with Crippen LogP contribution in [-0.4, -0.2) is 12.6 Å². The maximum absolute atomic E-state index is 10.5. The van der Waals surface area contributed by atoms with E-state index in [1.165, 1.54) is 0 Å². The molecule has 0 bridgehead atoms. The van der Waals surface area contributed by atoms with Crippen molar-refractivity contribution in [1.29, 1.82) is 0 Å². The molecule has 0 saturated heterocycles. The van der Waals surface area contributed by atoms with Gasteiger partial charge in [0, 0.05) is 6.42 Å². The summed E-state index contributed by atoms with van der Waals surface area (Å²) < 4.78 is 4.83. The molecule has 0 aliphatic carbocycles. The van der Waals surface area contributed by atoms with Gasteiger partial charge in [0.05, 0.1) is 6.61 Å². The molecule has 10 heavy (non-hydrogen) atoms. The minimum absolute atomic E-state index is 0.107. The Bertz CT molecular complexity index is 89.3. The first-order valence-electron chi connectivity index (χ1n) is 3.76. The third-order valence-electron chi connectivity index (χ3n) is 1.20. The van der Waals surface area contributed by atoms with Crippen molar-refractivity contribution >= 4 is 5.97 Å². The van der Waals surface area contributed by atoms with Gasteiger partial charge in [0.2, 0.25) is 0 Å². The number of carbonyl (C=O) groups is 1. The second kappa shape index (κ2) is 6.59. The van der Waals surface area contributed by atoms with Gasteiger partial charge in [0.25, 0.3) is 0 Å². The lowest BCUT2D eigenvalue weighted by atomic mass is 10.3. The average Bonchev–Trinajstić information content (AvgIpc) is 1.98. The van der Waals surface area contributed by atoms with Crippen LogP contribution in [0.4, 0.5) is 0 Å². The smallest absolute Gasteiger partial charge is 0.305 e. The highest BCUT2D eigenvalue weighted by molar-refractivity contribution is 5.68. The lowest BCUT2D eigenvalue weighted by Crippen LogP contribution is -2.03. The summed E-state index contributed by atoms with van der Waals surface area (Å²) in [5.41, 5.74) is 0. The summed E-state index contributed by atoms with van der Waals surface area (Å²) in [7, 11) is 0. The Morgan fingerprint density at radius 1 is 1.50 bits per heavy atom. The minimum Gasteiger partial charge on any atom is -0.466 e. The standard InChI is InChI=1S/C8H15O2/c1-3-5-6-7-10-8(9)4-2/h1,3-7H2,2H3. The fourth-order valence-electron chi connectivity index (χ4n) is 0.567. The van der Waals surface area contributed by atoms with Crippen molar-refractivity contribution in [3.63, 3.8) is 0 Å². The Kier molecular flexibility index (Phi) is 6.24. The number of hydrogen-bond acceptors (Lipinski definition) is 2. The van der Waals surface area contributed by atoms with Gasteiger partial charge < -0.3 is 4.74 Å². The van der Waals surface area contributed by atoms with Crippen LogP contribution in [-0.2, 0) is 9.53 Å². The number of hydrogen-bond donors (Lipinski definition) is 0. The Labute approximate surface area is 62.6 Å². The van der Waals surface area contributed by atoms with Crippen LogP contribution < -0.4 is 0 Å². The second-order valence-electron chi connectivity index (χ2n) is 2.13. The molecule has 59 valence electrons. The van der Waals surface area contributed by atoms with E-state index in [0.717, 1.165) is 19.3 Å². The monoisotopic (exact) mass is 143 g/mol. The van der Waals surface area contributed by atoms with E-state index in [2.05, 4.69) is 6.92 Å². The molecule has 2 heteroatoms. The van der Waals surface area contributed by atoms with Crippen LogP contribution in [0.15, 0.2) is 0 Å². The van der Waals surface area contributed by atoms with E-state index in [0.29, 0.717) is 13.0 Å². The first kappa shape index (κ1) is 9.47. The molecule has 0 aromatic heterocycles. The molecule has 0 heterocycles. The Balaban J connectivity index is 2.96. The molecule has 0 aliphatic heterocycles. The molecular weight excluding hydrogens is 128 g/mol. The van der Waals surface area contributed by atoms with Gasteiger partial charge in [-0.2, -0.15) is 0 Å². The Morgan fingerprint density at radius 3 is 2.70 bits per heavy atom. The molecule has 0 aliphatic rings. The fraction of sp³-hybridized carbons (Fsp3) is 0.750. The summed E-state index contributed by atoms with van der Waals surface area (Å²) >= 11 is 0. The van der Waals surface area contributed by atoms with E-state index in [1.54, 1.807) is 6.92 Å². The van der Waals surface area contributed by atoms with Gasteiger partial charge in [-0.05, 0) is 6.42 Å². The van der Waals surface area contributed by atoms with Crippen LogP contribution in [0, 0.1) is 6.92 Å². The maximum atomic E-state index is 10.5. The van der Waals surface area contributed by atoms with Crippen molar-refractivity contribution in [3.05, 3.63) is 6.92 Å². The highest BCUT2D eigenvalue weighted by atomic mass is 16.5. The third kappa shape index (κ3) is 5.60. The molecule has 0 aromatic rings. The van der Waals surface area contributed by atoms with Crippen LogP contribution in [0.5, 0.6) is 0 Å². The maximum Gasteiger partial charge on any atom is 0.305 e. The molecule has 0 atom stereocenters. The molecule has 0 unspecified atom stereocenters. The number of rotatable bonds is 5. The zero-order valence-corrected chi connectivity index (χ0v) is 6.56. The van der Waals surface area contributed by atoms with E-state index in [-0.39, 0.29) is 5.97 Å². The molecule has 0 saturated carbocycles. The van der Waals surface area contributed by atoms with Crippen molar-refractivity contribution < 1.29 is 9.53 Å². The molecule has 0 spiro atoms. The molecule has 0 fully saturated rings. The highest BCUT2D eigenvalue weighted by Crippen LogP contribution is 1.94. The summed E-state index contributed by atoms with van der Waals surface area (Å²) in [6.07, 6.45) is 3.38. The lowest BCUT2D eigenvalue weighted by Gasteiger charge is -2.00. The summed E-state index contributed by atoms with van der Waals surface area (Å²) in [6.45, 7) is 6.04. The van der Waals surface area contributed by atoms with Crippen LogP contribution >= 0.6 is 0 Å². The van der Waals surface area contributed by atoms with Crippen LogP contribution in [0.2, 0.25) is 0 Å². The molecule has 0 N–H and O–H groups in total. The Morgan fingerprint density at radius 2 is 2.20 bits per heavy atom. The van der Waals surface area contributed by atoms with E-state index in [9.17, 15) is 4.79 Å². The molecule has 0 rings (SSSR count). The van der Waals surface area contributed by atoms with E-state index in [1.807, 2.05) is 0 Å². The molecular formula is C8H15O2. The van der Waals surface area contributed by atoms with E-state index < -0.39 is 0 Å². The first-order chi connectivity index (χ1) is 4.81. The SMILES string of the molecule is [CH2]CCCCOC(=O)CC. The topological polar surface area (TPSA) is 26.3 Å². The van der Waals surface area contributed by atoms with Crippen molar-refractivity contribution in [2.75, 3.05) is 6.61 Å². The highest BCUT2D eigenvalue weighted by Gasteiger charge is 1.95. The molecule has 0 amide bonds. The zero-order valence-electron chi connectivity index (χ0n) is 6.56. The largest absolute Gasteiger partial charge is 0.466 e. The molecule has 0 aromatic carbocycles. The van der Waals surface area contributed by atoms with Crippen LogP contribution in [0.1, 0.15) is 32.6 Å². The van der Waals surface area contributed by atoms with Crippen molar-refractivity contribution in [3.8, 4) is 0 Å². The van der Waals surface area contributed by atoms with Crippen LogP contribution in [0.3, 0.4) is 0 Å². The molecule has 2 nitrogen and oxygen atoms in total. The van der Waals surface area contributed by atoms with Crippen molar-refractivity contribution in [1.82, 2.24) is 0 Å². The fourth-order valence-corrected chi connectivity index (χ4v) is 0.567. The van der Waals surface area contributed by atoms with E-state index >= 15 is 0 Å². The summed E-state index contributed by atoms with van der Waals surface area (Å²) in [4.78, 5) is 10.5. The summed E-state index contributed by atoms with van der Waals surface area (Å²) in [5, 5.41) is 0. The molecule has 1 radical (unpaired) electrons. The lowest BCUT2D eigenvalue weighted by molar-refractivity contribution is -0.143. The summed E-state index contributed by atoms with van der Waals surface area (Å²) in [6, 6.07) is 0.